The van der Waals surface area contributed by atoms with E-state index in [1.807, 2.05) is 11.6 Å². The van der Waals surface area contributed by atoms with Crippen molar-refractivity contribution in [2.75, 3.05) is 31.1 Å². The highest BCUT2D eigenvalue weighted by molar-refractivity contribution is 14.0. The Balaban J connectivity index is 0.00000196. The molecule has 0 atom stereocenters. The molecule has 1 saturated carbocycles. The Bertz CT molecular complexity index is 701. The van der Waals surface area contributed by atoms with Crippen molar-refractivity contribution in [2.45, 2.75) is 38.3 Å². The zero-order chi connectivity index (χ0) is 17.1. The normalized spacial score (nSPS) is 19.0. The number of anilines is 1. The molecule has 0 radical (unpaired) electrons. The highest BCUT2D eigenvalue weighted by Crippen LogP contribution is 2.28. The first kappa shape index (κ1) is 19.4. The summed E-state index contributed by atoms with van der Waals surface area (Å²) in [6.07, 6.45) is 9.07. The molecule has 9 heteroatoms. The molecular weight excluding hydrogens is 461 g/mol. The van der Waals surface area contributed by atoms with Crippen molar-refractivity contribution in [1.82, 2.24) is 19.7 Å². The van der Waals surface area contributed by atoms with E-state index in [1.165, 1.54) is 25.7 Å². The van der Waals surface area contributed by atoms with Crippen LogP contribution in [0.2, 0.25) is 0 Å². The Morgan fingerprint density at radius 2 is 2.00 bits per heavy atom. The Kier molecular flexibility index (Phi) is 6.74. The fourth-order valence-electron chi connectivity index (χ4n) is 3.59. The fraction of sp³-hybridized carbons (Fsp3) is 0.588. The minimum Gasteiger partial charge on any atom is -0.370 e. The van der Waals surface area contributed by atoms with Gasteiger partial charge in [0.2, 0.25) is 0 Å². The number of aliphatic imine (C=N–C) groups is 1. The third kappa shape index (κ3) is 4.48. The summed E-state index contributed by atoms with van der Waals surface area (Å²) in [5.74, 6) is 0.620. The van der Waals surface area contributed by atoms with Crippen LogP contribution in [-0.2, 0) is 6.54 Å². The predicted molar refractivity (Wildman–Crippen MR) is 116 cm³/mol. The van der Waals surface area contributed by atoms with Gasteiger partial charge < -0.3 is 15.5 Å². The van der Waals surface area contributed by atoms with E-state index in [9.17, 15) is 0 Å². The third-order valence-corrected chi connectivity index (χ3v) is 5.89. The number of guanidine groups is 1. The lowest BCUT2D eigenvalue weighted by molar-refractivity contribution is 0.380. The molecule has 2 aromatic heterocycles. The SMILES string of the molecule is I.NC(=NCc1ccn(C2CCCC2)n1)N1CCN(c2nccs2)CC1. The lowest BCUT2D eigenvalue weighted by Gasteiger charge is -2.35. The van der Waals surface area contributed by atoms with Crippen molar-refractivity contribution in [1.29, 1.82) is 0 Å². The van der Waals surface area contributed by atoms with Crippen molar-refractivity contribution in [3.8, 4) is 0 Å². The van der Waals surface area contributed by atoms with Crippen molar-refractivity contribution in [3.05, 3.63) is 29.5 Å². The number of hydrogen-bond acceptors (Lipinski definition) is 5. The molecule has 0 spiro atoms. The Labute approximate surface area is 175 Å². The van der Waals surface area contributed by atoms with E-state index >= 15 is 0 Å². The van der Waals surface area contributed by atoms with Gasteiger partial charge in [-0.1, -0.05) is 12.8 Å². The second-order valence-corrected chi connectivity index (χ2v) is 7.56. The monoisotopic (exact) mass is 487 g/mol. The van der Waals surface area contributed by atoms with Crippen LogP contribution in [0, 0.1) is 0 Å². The van der Waals surface area contributed by atoms with Crippen LogP contribution in [0.25, 0.3) is 0 Å². The van der Waals surface area contributed by atoms with E-state index in [0.29, 0.717) is 18.5 Å². The lowest BCUT2D eigenvalue weighted by Crippen LogP contribution is -2.51. The number of thiazole rings is 1. The molecular formula is C17H26IN7S. The molecule has 0 aromatic carbocycles. The van der Waals surface area contributed by atoms with Crippen LogP contribution in [0.1, 0.15) is 37.4 Å². The summed E-state index contributed by atoms with van der Waals surface area (Å²) in [6.45, 7) is 4.18. The van der Waals surface area contributed by atoms with Gasteiger partial charge in [0.15, 0.2) is 11.1 Å². The van der Waals surface area contributed by atoms with Crippen molar-refractivity contribution < 1.29 is 0 Å². The highest BCUT2D eigenvalue weighted by atomic mass is 127. The topological polar surface area (TPSA) is 75.6 Å². The molecule has 142 valence electrons. The van der Waals surface area contributed by atoms with Gasteiger partial charge in [-0.15, -0.1) is 35.3 Å². The number of rotatable bonds is 4. The molecule has 1 aliphatic heterocycles. The summed E-state index contributed by atoms with van der Waals surface area (Å²) in [6, 6.07) is 2.64. The molecule has 7 nitrogen and oxygen atoms in total. The molecule has 1 saturated heterocycles. The molecule has 0 amide bonds. The molecule has 0 unspecified atom stereocenters. The number of piperazine rings is 1. The highest BCUT2D eigenvalue weighted by Gasteiger charge is 2.20. The Hall–Kier alpha value is -1.36. The van der Waals surface area contributed by atoms with Crippen LogP contribution in [0.3, 0.4) is 0 Å². The third-order valence-electron chi connectivity index (χ3n) is 5.06. The minimum absolute atomic E-state index is 0. The van der Waals surface area contributed by atoms with Crippen LogP contribution in [0.15, 0.2) is 28.8 Å². The Morgan fingerprint density at radius 3 is 2.69 bits per heavy atom. The van der Waals surface area contributed by atoms with Gasteiger partial charge in [-0.05, 0) is 18.9 Å². The van der Waals surface area contributed by atoms with Crippen molar-refractivity contribution in [2.24, 2.45) is 10.7 Å². The maximum absolute atomic E-state index is 6.20. The van der Waals surface area contributed by atoms with Crippen molar-refractivity contribution in [3.63, 3.8) is 0 Å². The van der Waals surface area contributed by atoms with Gasteiger partial charge in [-0.25, -0.2) is 9.98 Å². The number of nitrogens with zero attached hydrogens (tertiary/aromatic N) is 6. The number of hydrogen-bond donors (Lipinski definition) is 1. The number of aromatic nitrogens is 3. The van der Waals surface area contributed by atoms with E-state index in [2.05, 4.69) is 41.8 Å². The quantitative estimate of drug-likeness (QED) is 0.408. The molecule has 4 rings (SSSR count). The molecule has 2 aromatic rings. The van der Waals surface area contributed by atoms with E-state index in [1.54, 1.807) is 11.3 Å². The van der Waals surface area contributed by atoms with Crippen LogP contribution in [0.4, 0.5) is 5.13 Å². The first-order valence-corrected chi connectivity index (χ1v) is 9.91. The van der Waals surface area contributed by atoms with E-state index < -0.39 is 0 Å². The van der Waals surface area contributed by atoms with Gasteiger partial charge in [0, 0.05) is 44.0 Å². The summed E-state index contributed by atoms with van der Waals surface area (Å²) in [7, 11) is 0. The zero-order valence-corrected chi connectivity index (χ0v) is 18.0. The molecule has 3 heterocycles. The standard InChI is InChI=1S/C17H25N7S.HI/c18-16(22-8-10-23(11-9-22)17-19-6-12-25-17)20-13-14-5-7-24(21-14)15-3-1-2-4-15;/h5-7,12,15H,1-4,8-11,13H2,(H2,18,20);1H. The van der Waals surface area contributed by atoms with Gasteiger partial charge in [0.05, 0.1) is 18.3 Å². The summed E-state index contributed by atoms with van der Waals surface area (Å²) in [4.78, 5) is 13.4. The Morgan fingerprint density at radius 1 is 1.23 bits per heavy atom. The molecule has 2 N–H and O–H groups in total. The fourth-order valence-corrected chi connectivity index (χ4v) is 4.29. The van der Waals surface area contributed by atoms with Gasteiger partial charge in [0.1, 0.15) is 0 Å². The maximum Gasteiger partial charge on any atom is 0.191 e. The summed E-state index contributed by atoms with van der Waals surface area (Å²) in [5.41, 5.74) is 7.20. The smallest absolute Gasteiger partial charge is 0.191 e. The molecule has 2 fully saturated rings. The first-order chi connectivity index (χ1) is 12.3. The second kappa shape index (κ2) is 9.03. The summed E-state index contributed by atoms with van der Waals surface area (Å²) >= 11 is 1.68. The van der Waals surface area contributed by atoms with Gasteiger partial charge in [0.25, 0.3) is 0 Å². The maximum atomic E-state index is 6.20. The van der Waals surface area contributed by atoms with Gasteiger partial charge in [-0.2, -0.15) is 5.10 Å². The predicted octanol–water partition coefficient (Wildman–Crippen LogP) is 2.71. The summed E-state index contributed by atoms with van der Waals surface area (Å²) in [5, 5.41) is 7.78. The lowest BCUT2D eigenvalue weighted by atomic mass is 10.3. The van der Waals surface area contributed by atoms with E-state index in [-0.39, 0.29) is 24.0 Å². The molecule has 26 heavy (non-hydrogen) atoms. The van der Waals surface area contributed by atoms with Crippen LogP contribution in [-0.4, -0.2) is 51.8 Å². The minimum atomic E-state index is 0. The largest absolute Gasteiger partial charge is 0.370 e. The van der Waals surface area contributed by atoms with Crippen LogP contribution < -0.4 is 10.6 Å². The van der Waals surface area contributed by atoms with Crippen molar-refractivity contribution >= 4 is 46.4 Å². The van der Waals surface area contributed by atoms with E-state index in [0.717, 1.165) is 37.0 Å². The van der Waals surface area contributed by atoms with Crippen LogP contribution in [0.5, 0.6) is 0 Å². The average Bonchev–Trinajstić information content (AvgIpc) is 3.42. The molecule has 2 aliphatic rings. The average molecular weight is 487 g/mol. The molecule has 0 bridgehead atoms. The second-order valence-electron chi connectivity index (χ2n) is 6.69. The zero-order valence-electron chi connectivity index (χ0n) is 14.8. The molecule has 1 aliphatic carbocycles. The van der Waals surface area contributed by atoms with Crippen LogP contribution >= 0.6 is 35.3 Å². The van der Waals surface area contributed by atoms with E-state index in [4.69, 9.17) is 5.73 Å². The first-order valence-electron chi connectivity index (χ1n) is 9.03. The number of halogens is 1. The van der Waals surface area contributed by atoms with Gasteiger partial charge in [-0.3, -0.25) is 4.68 Å². The van der Waals surface area contributed by atoms with Gasteiger partial charge >= 0.3 is 0 Å². The number of nitrogens with two attached hydrogens (primary N) is 1. The summed E-state index contributed by atoms with van der Waals surface area (Å²) < 4.78 is 2.11.